The van der Waals surface area contributed by atoms with Crippen molar-refractivity contribution in [2.75, 3.05) is 13.2 Å². The molecule has 324 valence electrons. The van der Waals surface area contributed by atoms with Crippen molar-refractivity contribution in [3.8, 4) is 5.75 Å². The van der Waals surface area contributed by atoms with Gasteiger partial charge in [0, 0.05) is 25.8 Å². The lowest BCUT2D eigenvalue weighted by molar-refractivity contribution is -0.373. The summed E-state index contributed by atoms with van der Waals surface area (Å²) in [4.78, 5) is 63.4. The molecular weight excluding hydrogens is 770 g/mol. The lowest BCUT2D eigenvalue weighted by atomic mass is 9.74. The number of hydrogen-bond acceptors (Lipinski definition) is 12. The topological polar surface area (TPSA) is 245 Å². The zero-order valence-corrected chi connectivity index (χ0v) is 33.6. The summed E-state index contributed by atoms with van der Waals surface area (Å²) >= 11 is 0. The molecular formula is C43H57NO15. The van der Waals surface area contributed by atoms with E-state index in [1.165, 1.54) is 6.92 Å². The van der Waals surface area contributed by atoms with E-state index < -0.39 is 77.8 Å². The maximum atomic E-state index is 13.1. The van der Waals surface area contributed by atoms with Crippen molar-refractivity contribution in [3.05, 3.63) is 78.4 Å². The Balaban J connectivity index is 1.36. The number of carboxylic acids is 3. The van der Waals surface area contributed by atoms with Gasteiger partial charge in [0.2, 0.25) is 17.5 Å². The number of carbonyl (C=O) groups excluding carboxylic acids is 2. The van der Waals surface area contributed by atoms with Crippen molar-refractivity contribution in [1.82, 2.24) is 5.32 Å². The number of amides is 1. The highest BCUT2D eigenvalue weighted by Crippen LogP contribution is 2.56. The Morgan fingerprint density at radius 3 is 1.98 bits per heavy atom. The summed E-state index contributed by atoms with van der Waals surface area (Å²) < 4.78 is 27.9. The van der Waals surface area contributed by atoms with E-state index in [2.05, 4.69) is 11.9 Å². The predicted molar refractivity (Wildman–Crippen MR) is 210 cm³/mol. The average Bonchev–Trinajstić information content (AvgIpc) is 3.41. The first kappa shape index (κ1) is 46.7. The zero-order valence-electron chi connectivity index (χ0n) is 33.6. The van der Waals surface area contributed by atoms with Gasteiger partial charge in [0.25, 0.3) is 5.60 Å². The van der Waals surface area contributed by atoms with Crippen LogP contribution in [0.1, 0.15) is 90.0 Å². The highest BCUT2D eigenvalue weighted by molar-refractivity contribution is 5.98. The highest BCUT2D eigenvalue weighted by atomic mass is 16.8. The van der Waals surface area contributed by atoms with Gasteiger partial charge in [0.15, 0.2) is 6.10 Å². The number of para-hydroxylation sites is 1. The number of carbonyl (C=O) groups is 5. The number of nitrogens with one attached hydrogen (secondary N) is 1. The minimum atomic E-state index is -3.91. The molecule has 6 N–H and O–H groups in total. The van der Waals surface area contributed by atoms with Crippen LogP contribution in [0.25, 0.3) is 0 Å². The van der Waals surface area contributed by atoms with E-state index >= 15 is 0 Å². The van der Waals surface area contributed by atoms with Crippen LogP contribution in [0.4, 0.5) is 4.79 Å². The first-order valence-electron chi connectivity index (χ1n) is 20.1. The maximum absolute atomic E-state index is 13.1. The Labute approximate surface area is 343 Å². The van der Waals surface area contributed by atoms with E-state index in [1.54, 1.807) is 6.92 Å². The molecule has 0 saturated carbocycles. The van der Waals surface area contributed by atoms with Crippen LogP contribution < -0.4 is 10.1 Å². The van der Waals surface area contributed by atoms with Crippen LogP contribution in [-0.4, -0.2) is 110 Å². The molecule has 2 bridgehead atoms. The highest BCUT2D eigenvalue weighted by Gasteiger charge is 2.86. The number of alkyl carbamates (subject to hydrolysis) is 1. The van der Waals surface area contributed by atoms with Crippen LogP contribution in [0.2, 0.25) is 0 Å². The molecule has 2 heterocycles. The van der Waals surface area contributed by atoms with Crippen LogP contribution in [0.5, 0.6) is 5.75 Å². The van der Waals surface area contributed by atoms with Crippen molar-refractivity contribution in [3.63, 3.8) is 0 Å². The number of rotatable bonds is 25. The smallest absolute Gasteiger partial charge is 0.407 e. The molecule has 4 unspecified atom stereocenters. The van der Waals surface area contributed by atoms with E-state index in [-0.39, 0.29) is 24.5 Å². The maximum Gasteiger partial charge on any atom is 0.407 e. The summed E-state index contributed by atoms with van der Waals surface area (Å²) in [5, 5.41) is 56.4. The quantitative estimate of drug-likeness (QED) is 0.0437. The van der Waals surface area contributed by atoms with E-state index in [1.807, 2.05) is 60.7 Å². The third-order valence-electron chi connectivity index (χ3n) is 10.8. The standard InChI is InChI=1S/C43H57NO15/c1-28(33(56-30(3)45)29(2)27-31-19-13-11-14-20-31)23-24-41-34(46)35(43(59-41,39(51)52)42(54,38(49)50)36(58-41)37(47)48)57-40(53)44-25-17-9-7-5-4-6-8-10-18-26-55-32-21-15-12-16-22-32/h11-16,19-22,29,33-36,46,54H,1,4-10,17-18,23-27H2,2-3H3,(H,44,53)(H,47,48)(H,49,50)(H,51,52)/t29-,33-,34-,35-,36?,41?,42?,43?/m1/s1. The third kappa shape index (κ3) is 11.2. The summed E-state index contributed by atoms with van der Waals surface area (Å²) in [5.74, 6) is -9.48. The molecule has 8 atom stereocenters. The number of fused-ring (bicyclic) bond motifs is 2. The molecule has 4 rings (SSSR count). The van der Waals surface area contributed by atoms with Crippen molar-refractivity contribution < 1.29 is 73.2 Å². The van der Waals surface area contributed by atoms with Crippen molar-refractivity contribution in [2.24, 2.45) is 5.92 Å². The monoisotopic (exact) mass is 827 g/mol. The molecule has 0 aromatic heterocycles. The van der Waals surface area contributed by atoms with Gasteiger partial charge in [-0.05, 0) is 49.0 Å². The Kier molecular flexibility index (Phi) is 16.8. The van der Waals surface area contributed by atoms with Crippen molar-refractivity contribution >= 4 is 30.0 Å². The lowest BCUT2D eigenvalue weighted by Gasteiger charge is -2.48. The molecule has 2 aliphatic rings. The van der Waals surface area contributed by atoms with Crippen LogP contribution in [-0.2, 0) is 44.5 Å². The number of esters is 1. The molecule has 1 amide bonds. The minimum absolute atomic E-state index is 0.0745. The van der Waals surface area contributed by atoms with Crippen LogP contribution in [0.15, 0.2) is 72.8 Å². The number of unbranched alkanes of at least 4 members (excludes halogenated alkanes) is 8. The normalized spacial score (nSPS) is 25.6. The number of aliphatic hydroxyl groups excluding tert-OH is 1. The summed E-state index contributed by atoms with van der Waals surface area (Å²) in [6, 6.07) is 19.0. The van der Waals surface area contributed by atoms with Gasteiger partial charge in [-0.25, -0.2) is 19.2 Å². The van der Waals surface area contributed by atoms with Gasteiger partial charge >= 0.3 is 30.0 Å². The Morgan fingerprint density at radius 1 is 0.847 bits per heavy atom. The van der Waals surface area contributed by atoms with Gasteiger partial charge in [0.1, 0.15) is 18.0 Å². The van der Waals surface area contributed by atoms with E-state index in [0.717, 1.165) is 62.7 Å². The number of benzene rings is 2. The fraction of sp³-hybridized carbons (Fsp3) is 0.558. The first-order valence-corrected chi connectivity index (χ1v) is 20.1. The summed E-state index contributed by atoms with van der Waals surface area (Å²) in [6.45, 7) is 7.79. The van der Waals surface area contributed by atoms with Crippen molar-refractivity contribution in [2.45, 2.75) is 132 Å². The Hall–Kier alpha value is -5.03. The van der Waals surface area contributed by atoms with Crippen LogP contribution in [0, 0.1) is 5.92 Å². The largest absolute Gasteiger partial charge is 0.494 e. The average molecular weight is 828 g/mol. The molecule has 2 saturated heterocycles. The molecule has 2 aromatic rings. The summed E-state index contributed by atoms with van der Waals surface area (Å²) in [7, 11) is 0. The van der Waals surface area contributed by atoms with Gasteiger partial charge in [-0.15, -0.1) is 0 Å². The number of aliphatic carboxylic acids is 3. The Morgan fingerprint density at radius 2 is 1.42 bits per heavy atom. The summed E-state index contributed by atoms with van der Waals surface area (Å²) in [6.07, 6.45) is -1.81. The third-order valence-corrected chi connectivity index (χ3v) is 10.8. The summed E-state index contributed by atoms with van der Waals surface area (Å²) in [5.41, 5.74) is -6.30. The second-order valence-electron chi connectivity index (χ2n) is 15.3. The second-order valence-corrected chi connectivity index (χ2v) is 15.3. The van der Waals surface area contributed by atoms with Crippen molar-refractivity contribution in [1.29, 1.82) is 0 Å². The minimum Gasteiger partial charge on any atom is -0.494 e. The van der Waals surface area contributed by atoms with E-state index in [9.17, 15) is 49.5 Å². The van der Waals surface area contributed by atoms with Gasteiger partial charge < -0.3 is 54.5 Å². The van der Waals surface area contributed by atoms with Crippen LogP contribution >= 0.6 is 0 Å². The Bertz CT molecular complexity index is 1740. The fourth-order valence-corrected chi connectivity index (χ4v) is 7.81. The first-order chi connectivity index (χ1) is 28.1. The molecule has 0 radical (unpaired) electrons. The van der Waals surface area contributed by atoms with Gasteiger partial charge in [-0.1, -0.05) is 107 Å². The fourth-order valence-electron chi connectivity index (χ4n) is 7.81. The molecule has 16 heteroatoms. The van der Waals surface area contributed by atoms with Gasteiger partial charge in [-0.2, -0.15) is 0 Å². The molecule has 2 fully saturated rings. The molecule has 0 aliphatic carbocycles. The molecule has 59 heavy (non-hydrogen) atoms. The van der Waals surface area contributed by atoms with Gasteiger partial charge in [0.05, 0.1) is 6.61 Å². The zero-order chi connectivity index (χ0) is 43.2. The van der Waals surface area contributed by atoms with Gasteiger partial charge in [-0.3, -0.25) is 4.79 Å². The molecule has 2 aromatic carbocycles. The van der Waals surface area contributed by atoms with E-state index in [0.29, 0.717) is 19.4 Å². The second kappa shape index (κ2) is 21.3. The molecule has 2 aliphatic heterocycles. The van der Waals surface area contributed by atoms with E-state index in [4.69, 9.17) is 23.7 Å². The molecule has 0 spiro atoms. The molecule has 16 nitrogen and oxygen atoms in total. The number of aliphatic hydroxyl groups is 2. The number of carboxylic acid groups (broad SMARTS) is 3. The number of ether oxygens (including phenoxy) is 5. The number of hydrogen-bond donors (Lipinski definition) is 6. The van der Waals surface area contributed by atoms with Crippen LogP contribution in [0.3, 0.4) is 0 Å². The predicted octanol–water partition coefficient (Wildman–Crippen LogP) is 5.03. The SMILES string of the molecule is C=C(CCC12OC(C(=O)O)C(O)(C(=O)O)C(C(=O)O)(O1)[C@H](OC(=O)NCCCCCCCCCCCOc1ccccc1)[C@H]2O)[C@@H](OC(C)=O)[C@H](C)Cc1ccccc1. The lowest BCUT2D eigenvalue weighted by Crippen LogP contribution is -2.78.